The van der Waals surface area contributed by atoms with Crippen molar-refractivity contribution in [3.05, 3.63) is 92.9 Å². The van der Waals surface area contributed by atoms with Crippen molar-refractivity contribution in [2.75, 3.05) is 6.54 Å². The van der Waals surface area contributed by atoms with E-state index in [2.05, 4.69) is 15.3 Å². The number of benzene rings is 2. The van der Waals surface area contributed by atoms with Crippen molar-refractivity contribution in [2.24, 2.45) is 0 Å². The second-order valence-corrected chi connectivity index (χ2v) is 8.76. The van der Waals surface area contributed by atoms with Gasteiger partial charge in [-0.25, -0.2) is 14.2 Å². The summed E-state index contributed by atoms with van der Waals surface area (Å²) < 4.78 is 15.8. The van der Waals surface area contributed by atoms with Gasteiger partial charge in [0, 0.05) is 43.1 Å². The first-order chi connectivity index (χ1) is 17.0. The minimum atomic E-state index is -0.604. The molecule has 4 aromatic rings. The average molecular weight is 474 g/mol. The maximum Gasteiger partial charge on any atom is 0.272 e. The molecular weight excluding hydrogens is 449 g/mol. The van der Waals surface area contributed by atoms with Crippen LogP contribution in [0.4, 0.5) is 4.39 Å². The van der Waals surface area contributed by atoms with E-state index >= 15 is 0 Å². The van der Waals surface area contributed by atoms with Crippen molar-refractivity contribution < 1.29 is 14.0 Å². The highest BCUT2D eigenvalue weighted by Crippen LogP contribution is 2.23. The van der Waals surface area contributed by atoms with E-state index in [1.807, 2.05) is 12.1 Å². The standard InChI is InChI=1S/C23H18FN5O3.C3H6/c24-19-6-5-14(10-21-16-3-1-2-4-17(16)22(31)26-25-21)9-18(19)23(32)28-8-7-20-15(11-28)12-29(13-30)27-20;1-2-3-1/h1-6,9,12-13H,7-8,10-11H2,(H,26,31);1-3H2. The fourth-order valence-electron chi connectivity index (χ4n) is 4.08. The zero-order valence-electron chi connectivity index (χ0n) is 19.0. The van der Waals surface area contributed by atoms with Gasteiger partial charge >= 0.3 is 0 Å². The normalized spacial score (nSPS) is 14.1. The number of aromatic nitrogens is 4. The van der Waals surface area contributed by atoms with Crippen LogP contribution in [0.25, 0.3) is 10.8 Å². The molecule has 1 N–H and O–H groups in total. The van der Waals surface area contributed by atoms with Gasteiger partial charge in [0.2, 0.25) is 6.41 Å². The fourth-order valence-corrected chi connectivity index (χ4v) is 4.08. The van der Waals surface area contributed by atoms with E-state index < -0.39 is 11.7 Å². The molecule has 0 unspecified atom stereocenters. The molecule has 8 nitrogen and oxygen atoms in total. The monoisotopic (exact) mass is 473 g/mol. The molecule has 1 aliphatic carbocycles. The van der Waals surface area contributed by atoms with Crippen LogP contribution in [0.1, 0.15) is 52.1 Å². The zero-order chi connectivity index (χ0) is 24.4. The van der Waals surface area contributed by atoms with Crippen molar-refractivity contribution in [1.82, 2.24) is 24.9 Å². The second-order valence-electron chi connectivity index (χ2n) is 8.76. The Morgan fingerprint density at radius 1 is 1.11 bits per heavy atom. The van der Waals surface area contributed by atoms with Gasteiger partial charge < -0.3 is 4.90 Å². The Morgan fingerprint density at radius 2 is 1.89 bits per heavy atom. The predicted molar refractivity (Wildman–Crippen MR) is 128 cm³/mol. The molecule has 35 heavy (non-hydrogen) atoms. The molecule has 178 valence electrons. The number of halogens is 1. The third kappa shape index (κ3) is 4.89. The van der Waals surface area contributed by atoms with Gasteiger partial charge in [-0.1, -0.05) is 43.5 Å². The van der Waals surface area contributed by atoms with Crippen molar-refractivity contribution in [3.63, 3.8) is 0 Å². The number of carbonyl (C=O) groups excluding carboxylic acids is 2. The first-order valence-corrected chi connectivity index (χ1v) is 11.6. The van der Waals surface area contributed by atoms with E-state index in [0.717, 1.165) is 11.3 Å². The van der Waals surface area contributed by atoms with Crippen LogP contribution < -0.4 is 5.56 Å². The minimum absolute atomic E-state index is 0.0255. The summed E-state index contributed by atoms with van der Waals surface area (Å²) in [6, 6.07) is 11.5. The Hall–Kier alpha value is -4.14. The summed E-state index contributed by atoms with van der Waals surface area (Å²) in [4.78, 5) is 37.6. The molecule has 0 bridgehead atoms. The quantitative estimate of drug-likeness (QED) is 0.459. The molecule has 0 atom stereocenters. The fraction of sp³-hybridized carbons (Fsp3) is 0.269. The lowest BCUT2D eigenvalue weighted by molar-refractivity contribution is 0.0729. The molecule has 0 saturated heterocycles. The molecule has 9 heteroatoms. The van der Waals surface area contributed by atoms with Crippen LogP contribution in [0.3, 0.4) is 0 Å². The first kappa shape index (κ1) is 22.6. The summed E-state index contributed by atoms with van der Waals surface area (Å²) >= 11 is 0. The van der Waals surface area contributed by atoms with E-state index in [0.29, 0.717) is 47.8 Å². The maximum atomic E-state index is 14.6. The van der Waals surface area contributed by atoms with Crippen LogP contribution in [0.5, 0.6) is 0 Å². The third-order valence-corrected chi connectivity index (χ3v) is 6.03. The van der Waals surface area contributed by atoms with Crippen LogP contribution in [-0.2, 0) is 24.2 Å². The summed E-state index contributed by atoms with van der Waals surface area (Å²) in [6.45, 7) is 0.648. The number of amides is 1. The number of H-pyrrole nitrogens is 1. The van der Waals surface area contributed by atoms with E-state index in [1.165, 1.54) is 36.1 Å². The highest BCUT2D eigenvalue weighted by Gasteiger charge is 2.26. The average Bonchev–Trinajstić information content (AvgIpc) is 3.71. The molecule has 2 aromatic carbocycles. The number of nitrogens with zero attached hydrogens (tertiary/aromatic N) is 4. The van der Waals surface area contributed by atoms with Gasteiger partial charge in [-0.3, -0.25) is 14.4 Å². The molecule has 1 aliphatic heterocycles. The van der Waals surface area contributed by atoms with Crippen LogP contribution in [0.2, 0.25) is 0 Å². The largest absolute Gasteiger partial charge is 0.334 e. The maximum absolute atomic E-state index is 14.6. The van der Waals surface area contributed by atoms with Crippen LogP contribution in [-0.4, -0.2) is 43.7 Å². The number of rotatable bonds is 4. The number of hydrogen-bond acceptors (Lipinski definition) is 5. The molecule has 1 amide bonds. The molecule has 1 saturated carbocycles. The van der Waals surface area contributed by atoms with E-state index in [4.69, 9.17) is 0 Å². The Bertz CT molecular complexity index is 1470. The third-order valence-electron chi connectivity index (χ3n) is 6.03. The van der Waals surface area contributed by atoms with E-state index in [9.17, 15) is 18.8 Å². The molecule has 2 aliphatic rings. The topological polar surface area (TPSA) is 101 Å². The van der Waals surface area contributed by atoms with Gasteiger partial charge in [-0.05, 0) is 23.8 Å². The van der Waals surface area contributed by atoms with Gasteiger partial charge in [0.15, 0.2) is 0 Å². The summed E-state index contributed by atoms with van der Waals surface area (Å²) in [6.07, 6.45) is 7.51. The van der Waals surface area contributed by atoms with Gasteiger partial charge in [-0.2, -0.15) is 10.2 Å². The molecular formula is C26H24FN5O3. The second kappa shape index (κ2) is 9.61. The van der Waals surface area contributed by atoms with E-state index in [-0.39, 0.29) is 17.7 Å². The van der Waals surface area contributed by atoms with Gasteiger partial charge in [-0.15, -0.1) is 0 Å². The summed E-state index contributed by atoms with van der Waals surface area (Å²) in [7, 11) is 0. The SMILES string of the molecule is C1CC1.O=Cn1cc2c(n1)CCN(C(=O)c1cc(Cc3n[nH]c(=O)c4ccccc34)ccc1F)C2. The number of hydrogen-bond donors (Lipinski definition) is 1. The summed E-state index contributed by atoms with van der Waals surface area (Å²) in [5.74, 6) is -1.03. The lowest BCUT2D eigenvalue weighted by atomic mass is 10.0. The zero-order valence-corrected chi connectivity index (χ0v) is 19.0. The number of nitrogens with one attached hydrogen (secondary N) is 1. The minimum Gasteiger partial charge on any atom is -0.334 e. The molecule has 1 fully saturated rings. The van der Waals surface area contributed by atoms with Gasteiger partial charge in [0.1, 0.15) is 5.82 Å². The van der Waals surface area contributed by atoms with Crippen molar-refractivity contribution in [1.29, 1.82) is 0 Å². The predicted octanol–water partition coefficient (Wildman–Crippen LogP) is 3.26. The number of aromatic amines is 1. The highest BCUT2D eigenvalue weighted by molar-refractivity contribution is 5.95. The molecule has 3 heterocycles. The smallest absolute Gasteiger partial charge is 0.272 e. The van der Waals surface area contributed by atoms with Crippen LogP contribution >= 0.6 is 0 Å². The van der Waals surface area contributed by atoms with Crippen LogP contribution in [0, 0.1) is 5.82 Å². The van der Waals surface area contributed by atoms with Crippen LogP contribution in [0.15, 0.2) is 53.5 Å². The van der Waals surface area contributed by atoms with Gasteiger partial charge in [0.05, 0.1) is 22.3 Å². The highest BCUT2D eigenvalue weighted by atomic mass is 19.1. The van der Waals surface area contributed by atoms with Crippen molar-refractivity contribution >= 4 is 23.1 Å². The Morgan fingerprint density at radius 3 is 2.63 bits per heavy atom. The Balaban J connectivity index is 0.000000786. The number of carbonyl (C=O) groups is 2. The Kier molecular flexibility index (Phi) is 6.22. The first-order valence-electron chi connectivity index (χ1n) is 11.6. The van der Waals surface area contributed by atoms with Crippen molar-refractivity contribution in [3.8, 4) is 0 Å². The number of fused-ring (bicyclic) bond motifs is 2. The summed E-state index contributed by atoms with van der Waals surface area (Å²) in [5.41, 5.74) is 2.58. The van der Waals surface area contributed by atoms with E-state index in [1.54, 1.807) is 29.3 Å². The lowest BCUT2D eigenvalue weighted by Gasteiger charge is -2.26. The lowest BCUT2D eigenvalue weighted by Crippen LogP contribution is -2.36. The van der Waals surface area contributed by atoms with Crippen molar-refractivity contribution in [2.45, 2.75) is 38.6 Å². The molecule has 2 aromatic heterocycles. The Labute approximate surface area is 200 Å². The molecule has 6 rings (SSSR count). The molecule has 0 spiro atoms. The molecule has 0 radical (unpaired) electrons. The summed E-state index contributed by atoms with van der Waals surface area (Å²) in [5, 5.41) is 12.0. The van der Waals surface area contributed by atoms with Gasteiger partial charge in [0.25, 0.3) is 11.5 Å².